The van der Waals surface area contributed by atoms with Crippen molar-refractivity contribution >= 4 is 28.2 Å². The van der Waals surface area contributed by atoms with Crippen LogP contribution in [0.15, 0.2) is 83.8 Å². The number of carbonyl (C=O) groups is 2. The Morgan fingerprint density at radius 2 is 1.70 bits per heavy atom. The van der Waals surface area contributed by atoms with Gasteiger partial charge in [-0.25, -0.2) is 13.2 Å². The molecule has 0 aromatic heterocycles. The lowest BCUT2D eigenvalue weighted by Gasteiger charge is -2.43. The van der Waals surface area contributed by atoms with Gasteiger partial charge in [0.15, 0.2) is 0 Å². The SMILES string of the molecule is CCN1CCCC1CC1CN(c2cccc(OC)c2)CCN1S(=O)(=O)c1ccc(-c2ccccc2)cc1.NC(=O)NC=O. The third-order valence-electron chi connectivity index (χ3n) is 8.07. The van der Waals surface area contributed by atoms with Gasteiger partial charge >= 0.3 is 6.03 Å². The Balaban J connectivity index is 0.000000641. The fourth-order valence-corrected chi connectivity index (χ4v) is 7.54. The summed E-state index contributed by atoms with van der Waals surface area (Å²) in [5.41, 5.74) is 7.60. The first-order chi connectivity index (χ1) is 20.8. The van der Waals surface area contributed by atoms with E-state index in [1.807, 2.05) is 60.7 Å². The van der Waals surface area contributed by atoms with Gasteiger partial charge < -0.3 is 20.3 Å². The number of hydrogen-bond donors (Lipinski definition) is 2. The smallest absolute Gasteiger partial charge is 0.318 e. The Labute approximate surface area is 254 Å². The molecule has 2 aliphatic rings. The third kappa shape index (κ3) is 8.13. The number of methoxy groups -OCH3 is 1. The van der Waals surface area contributed by atoms with Crippen molar-refractivity contribution in [2.75, 3.05) is 44.7 Å². The lowest BCUT2D eigenvalue weighted by Crippen LogP contribution is -2.56. The van der Waals surface area contributed by atoms with Crippen LogP contribution in [-0.2, 0) is 14.8 Å². The number of ether oxygens (including phenoxy) is 1. The minimum Gasteiger partial charge on any atom is -0.497 e. The first-order valence-electron chi connectivity index (χ1n) is 14.6. The van der Waals surface area contributed by atoms with E-state index in [4.69, 9.17) is 4.74 Å². The highest BCUT2D eigenvalue weighted by Crippen LogP contribution is 2.32. The molecule has 2 aliphatic heterocycles. The number of amides is 3. The van der Waals surface area contributed by atoms with Crippen LogP contribution in [0.2, 0.25) is 0 Å². The van der Waals surface area contributed by atoms with Crippen LogP contribution in [0.3, 0.4) is 0 Å². The molecule has 0 aliphatic carbocycles. The van der Waals surface area contributed by atoms with Crippen LogP contribution in [0, 0.1) is 0 Å². The lowest BCUT2D eigenvalue weighted by atomic mass is 10.0. The number of benzene rings is 3. The summed E-state index contributed by atoms with van der Waals surface area (Å²) in [5, 5.41) is 1.67. The zero-order valence-corrected chi connectivity index (χ0v) is 25.6. The van der Waals surface area contributed by atoms with Gasteiger partial charge in [0, 0.05) is 43.5 Å². The number of anilines is 1. The van der Waals surface area contributed by atoms with Crippen LogP contribution < -0.4 is 20.7 Å². The van der Waals surface area contributed by atoms with E-state index >= 15 is 0 Å². The summed E-state index contributed by atoms with van der Waals surface area (Å²) >= 11 is 0. The predicted octanol–water partition coefficient (Wildman–Crippen LogP) is 3.93. The van der Waals surface area contributed by atoms with E-state index in [0.29, 0.717) is 30.6 Å². The molecule has 0 bridgehead atoms. The number of hydrogen-bond acceptors (Lipinski definition) is 7. The van der Waals surface area contributed by atoms with Gasteiger partial charge in [0.2, 0.25) is 16.4 Å². The normalized spacial score (nSPS) is 19.3. The molecule has 0 saturated carbocycles. The summed E-state index contributed by atoms with van der Waals surface area (Å²) in [5.74, 6) is 0.815. The summed E-state index contributed by atoms with van der Waals surface area (Å²) in [6.45, 7) is 6.08. The van der Waals surface area contributed by atoms with Gasteiger partial charge in [-0.05, 0) is 67.7 Å². The van der Waals surface area contributed by atoms with Crippen molar-refractivity contribution in [1.82, 2.24) is 14.5 Å². The lowest BCUT2D eigenvalue weighted by molar-refractivity contribution is -0.108. The molecule has 10 nitrogen and oxygen atoms in total. The Morgan fingerprint density at radius 1 is 0.977 bits per heavy atom. The number of nitrogens with two attached hydrogens (primary N) is 1. The number of urea groups is 1. The molecule has 3 aromatic rings. The number of carbonyl (C=O) groups excluding carboxylic acids is 2. The van der Waals surface area contributed by atoms with Gasteiger partial charge in [0.25, 0.3) is 0 Å². The average Bonchev–Trinajstić information content (AvgIpc) is 3.48. The Kier molecular flexibility index (Phi) is 11.2. The van der Waals surface area contributed by atoms with E-state index < -0.39 is 16.1 Å². The van der Waals surface area contributed by atoms with Gasteiger partial charge in [0.1, 0.15) is 5.75 Å². The van der Waals surface area contributed by atoms with Crippen molar-refractivity contribution in [3.8, 4) is 16.9 Å². The van der Waals surface area contributed by atoms with Crippen molar-refractivity contribution < 1.29 is 22.7 Å². The zero-order chi connectivity index (χ0) is 30.8. The van der Waals surface area contributed by atoms with Gasteiger partial charge in [-0.2, -0.15) is 4.31 Å². The van der Waals surface area contributed by atoms with Crippen LogP contribution in [0.4, 0.5) is 10.5 Å². The molecule has 0 radical (unpaired) electrons. The number of rotatable bonds is 9. The van der Waals surface area contributed by atoms with E-state index in [1.165, 1.54) is 6.42 Å². The Hall–Kier alpha value is -3.93. The van der Waals surface area contributed by atoms with Crippen molar-refractivity contribution in [2.45, 2.75) is 43.2 Å². The Bertz CT molecular complexity index is 1450. The molecule has 3 N–H and O–H groups in total. The predicted molar refractivity (Wildman–Crippen MR) is 168 cm³/mol. The fourth-order valence-electron chi connectivity index (χ4n) is 5.92. The molecule has 2 saturated heterocycles. The van der Waals surface area contributed by atoms with E-state index in [2.05, 4.69) is 28.5 Å². The number of piperazine rings is 1. The molecule has 2 atom stereocenters. The zero-order valence-electron chi connectivity index (χ0n) is 24.8. The highest BCUT2D eigenvalue weighted by Gasteiger charge is 2.39. The minimum atomic E-state index is -3.63. The molecule has 2 unspecified atom stereocenters. The number of sulfonamides is 1. The van der Waals surface area contributed by atoms with E-state index in [-0.39, 0.29) is 12.5 Å². The van der Waals surface area contributed by atoms with Gasteiger partial charge in [0.05, 0.1) is 12.0 Å². The van der Waals surface area contributed by atoms with Crippen LogP contribution in [0.1, 0.15) is 26.2 Å². The van der Waals surface area contributed by atoms with Crippen molar-refractivity contribution in [3.63, 3.8) is 0 Å². The number of likely N-dealkylation sites (tertiary alicyclic amines) is 1. The molecule has 2 fully saturated rings. The van der Waals surface area contributed by atoms with E-state index in [9.17, 15) is 18.0 Å². The maximum atomic E-state index is 14.0. The van der Waals surface area contributed by atoms with Crippen LogP contribution >= 0.6 is 0 Å². The molecule has 2 heterocycles. The van der Waals surface area contributed by atoms with Gasteiger partial charge in [-0.3, -0.25) is 10.1 Å². The quantitative estimate of drug-likeness (QED) is 0.353. The largest absolute Gasteiger partial charge is 0.497 e. The number of primary amides is 1. The molecule has 3 amide bonds. The molecule has 230 valence electrons. The van der Waals surface area contributed by atoms with Crippen LogP contribution in [0.25, 0.3) is 11.1 Å². The second-order valence-corrected chi connectivity index (χ2v) is 12.5. The average molecular weight is 608 g/mol. The van der Waals surface area contributed by atoms with Gasteiger partial charge in [-0.15, -0.1) is 0 Å². The summed E-state index contributed by atoms with van der Waals surface area (Å²) in [6, 6.07) is 25.0. The van der Waals surface area contributed by atoms with Crippen molar-refractivity contribution in [2.24, 2.45) is 5.73 Å². The summed E-state index contributed by atoms with van der Waals surface area (Å²) in [7, 11) is -1.96. The van der Waals surface area contributed by atoms with Crippen LogP contribution in [0.5, 0.6) is 5.75 Å². The number of nitrogens with zero attached hydrogens (tertiary/aromatic N) is 3. The third-order valence-corrected chi connectivity index (χ3v) is 10.0. The summed E-state index contributed by atoms with van der Waals surface area (Å²) in [4.78, 5) is 23.9. The number of nitrogens with one attached hydrogen (secondary N) is 1. The molecular formula is C32H41N5O5S. The topological polar surface area (TPSA) is 125 Å². The molecular weight excluding hydrogens is 566 g/mol. The highest BCUT2D eigenvalue weighted by atomic mass is 32.2. The van der Waals surface area contributed by atoms with E-state index in [0.717, 1.165) is 48.5 Å². The highest BCUT2D eigenvalue weighted by molar-refractivity contribution is 7.89. The molecule has 0 spiro atoms. The fraction of sp³-hybridized carbons (Fsp3) is 0.375. The maximum Gasteiger partial charge on any atom is 0.318 e. The standard InChI is InChI=1S/C30H37N3O3S.C2H4N2O2/c1-3-31-18-8-12-26(31)21-28-23-32(27-11-7-13-29(22-27)36-2)19-20-33(28)37(34,35)30-16-14-25(15-17-30)24-9-5-4-6-10-24;3-2(6)4-1-5/h4-7,9-11,13-17,22,26,28H,3,8,12,18-21,23H2,1-2H3;1H,(H3,3,4,5,6). The van der Waals surface area contributed by atoms with Crippen molar-refractivity contribution in [1.29, 1.82) is 0 Å². The molecule has 3 aromatic carbocycles. The maximum absolute atomic E-state index is 14.0. The molecule has 43 heavy (non-hydrogen) atoms. The monoisotopic (exact) mass is 607 g/mol. The van der Waals surface area contributed by atoms with Crippen LogP contribution in [-0.4, -0.2) is 82.0 Å². The van der Waals surface area contributed by atoms with E-state index in [1.54, 1.807) is 28.9 Å². The van der Waals surface area contributed by atoms with Crippen molar-refractivity contribution in [3.05, 3.63) is 78.9 Å². The second kappa shape index (κ2) is 15.0. The molecule has 5 rings (SSSR count). The minimum absolute atomic E-state index is 0.101. The Morgan fingerprint density at radius 3 is 2.33 bits per heavy atom. The van der Waals surface area contributed by atoms with Gasteiger partial charge in [-0.1, -0.05) is 55.5 Å². The molecule has 11 heteroatoms. The summed E-state index contributed by atoms with van der Waals surface area (Å²) in [6.07, 6.45) is 3.37. The first-order valence-corrected chi connectivity index (χ1v) is 16.0. The summed E-state index contributed by atoms with van der Waals surface area (Å²) < 4.78 is 35.2. The second-order valence-electron chi connectivity index (χ2n) is 10.6. The number of imide groups is 1. The first kappa shape index (κ1) is 32.0.